The summed E-state index contributed by atoms with van der Waals surface area (Å²) in [7, 11) is 1.44. The molecular formula is C22H21F6N5O5S. The molecule has 1 aromatic heterocycles. The Morgan fingerprint density at radius 1 is 1.23 bits per heavy atom. The molecule has 2 aliphatic rings. The molecule has 3 amide bonds. The van der Waals surface area contributed by atoms with Gasteiger partial charge < -0.3 is 29.4 Å². The Morgan fingerprint density at radius 2 is 1.90 bits per heavy atom. The van der Waals surface area contributed by atoms with Crippen LogP contribution < -0.4 is 20.1 Å². The summed E-state index contributed by atoms with van der Waals surface area (Å²) in [5, 5.41) is 3.94. The van der Waals surface area contributed by atoms with Crippen LogP contribution in [-0.4, -0.2) is 69.2 Å². The van der Waals surface area contributed by atoms with E-state index >= 15 is 0 Å². The average molecular weight is 581 g/mol. The van der Waals surface area contributed by atoms with E-state index in [4.69, 9.17) is 4.74 Å². The first-order chi connectivity index (χ1) is 18.1. The number of nitrogens with zero attached hydrogens (tertiary/aromatic N) is 2. The van der Waals surface area contributed by atoms with Crippen LogP contribution in [0.25, 0.3) is 0 Å². The number of amides is 3. The van der Waals surface area contributed by atoms with Crippen LogP contribution in [0, 0.1) is 5.82 Å². The van der Waals surface area contributed by atoms with E-state index in [0.29, 0.717) is 6.92 Å². The zero-order valence-electron chi connectivity index (χ0n) is 20.2. The maximum absolute atomic E-state index is 13.6. The minimum atomic E-state index is -4.74. The van der Waals surface area contributed by atoms with Gasteiger partial charge in [0, 0.05) is 25.8 Å². The number of hydrogen-bond donors (Lipinski definition) is 3. The van der Waals surface area contributed by atoms with Crippen molar-refractivity contribution >= 4 is 34.8 Å². The fraction of sp³-hybridized carbons (Fsp3) is 0.409. The van der Waals surface area contributed by atoms with Crippen LogP contribution in [0.15, 0.2) is 29.3 Å². The highest BCUT2D eigenvalue weighted by atomic mass is 32.2. The van der Waals surface area contributed by atoms with E-state index < -0.39 is 64.6 Å². The number of ether oxygens (including phenoxy) is 1. The molecule has 4 rings (SSSR count). The van der Waals surface area contributed by atoms with Crippen molar-refractivity contribution in [2.75, 3.05) is 25.0 Å². The number of carbonyl (C=O) groups is 3. The van der Waals surface area contributed by atoms with Crippen molar-refractivity contribution in [2.45, 2.75) is 36.0 Å². The molecule has 1 spiro atoms. The summed E-state index contributed by atoms with van der Waals surface area (Å²) >= 11 is -1.99. The van der Waals surface area contributed by atoms with Crippen molar-refractivity contribution in [3.63, 3.8) is 0 Å². The largest absolute Gasteiger partial charge is 0.593 e. The van der Waals surface area contributed by atoms with E-state index in [0.717, 1.165) is 23.1 Å². The summed E-state index contributed by atoms with van der Waals surface area (Å²) in [4.78, 5) is 38.2. The van der Waals surface area contributed by atoms with Crippen molar-refractivity contribution < 1.29 is 50.0 Å². The zero-order valence-corrected chi connectivity index (χ0v) is 21.0. The third-order valence-corrected chi connectivity index (χ3v) is 7.42. The highest BCUT2D eigenvalue weighted by molar-refractivity contribution is 7.89. The Morgan fingerprint density at radius 3 is 2.51 bits per heavy atom. The maximum atomic E-state index is 13.6. The van der Waals surface area contributed by atoms with E-state index in [9.17, 15) is 45.3 Å². The van der Waals surface area contributed by atoms with Gasteiger partial charge >= 0.3 is 18.0 Å². The van der Waals surface area contributed by atoms with Crippen molar-refractivity contribution in [1.29, 1.82) is 0 Å². The fourth-order valence-corrected chi connectivity index (χ4v) is 5.32. The van der Waals surface area contributed by atoms with Gasteiger partial charge in [0.1, 0.15) is 24.0 Å². The summed E-state index contributed by atoms with van der Waals surface area (Å²) in [5.41, 5.74) is -2.31. The van der Waals surface area contributed by atoms with Crippen LogP contribution in [0.3, 0.4) is 0 Å². The van der Waals surface area contributed by atoms with E-state index in [1.807, 2.05) is 0 Å². The predicted molar refractivity (Wildman–Crippen MR) is 123 cm³/mol. The van der Waals surface area contributed by atoms with Crippen LogP contribution in [-0.2, 0) is 28.0 Å². The lowest BCUT2D eigenvalue weighted by Gasteiger charge is -2.47. The minimum Gasteiger partial charge on any atom is -0.593 e. The van der Waals surface area contributed by atoms with Crippen molar-refractivity contribution in [1.82, 2.24) is 19.5 Å². The van der Waals surface area contributed by atoms with Gasteiger partial charge in [-0.15, -0.1) is 4.72 Å². The van der Waals surface area contributed by atoms with E-state index in [-0.39, 0.29) is 41.7 Å². The molecule has 17 heteroatoms. The standard InChI is InChI=1S/C22H21F6N5O5S/c1-10(22(26,27)28)29-19(35)20(36)33-7-21(8-33)9-38-16-14(39(37)31-21)6-32(2)15(16)18(34)30-11-3-4-13(23)12(5-11)17(24)25/h3-6,10,17,31H,7-9H2,1-2H3,(H,29,35)(H,30,34). The lowest BCUT2D eigenvalue weighted by atomic mass is 9.92. The monoisotopic (exact) mass is 581 g/mol. The molecule has 39 heavy (non-hydrogen) atoms. The average Bonchev–Trinajstić information content (AvgIpc) is 3.09. The Bertz CT molecular complexity index is 1310. The molecule has 1 saturated heterocycles. The number of alkyl halides is 5. The topological polar surface area (TPSA) is 128 Å². The zero-order chi connectivity index (χ0) is 28.9. The van der Waals surface area contributed by atoms with Crippen molar-refractivity contribution in [2.24, 2.45) is 7.05 Å². The van der Waals surface area contributed by atoms with Crippen LogP contribution in [0.4, 0.5) is 32.0 Å². The molecule has 0 bridgehead atoms. The lowest BCUT2D eigenvalue weighted by molar-refractivity contribution is -0.164. The third-order valence-electron chi connectivity index (χ3n) is 6.12. The molecule has 3 N–H and O–H groups in total. The van der Waals surface area contributed by atoms with Gasteiger partial charge in [-0.3, -0.25) is 14.4 Å². The SMILES string of the molecule is CC(NC(=O)C(=O)N1CC2(COc3c(cn(C)c3C(=O)Nc3ccc(F)c(C(F)F)c3)[S+]([O-])N2)C1)C(F)(F)F. The molecule has 2 aromatic rings. The molecule has 1 aromatic carbocycles. The Labute approximate surface area is 220 Å². The highest BCUT2D eigenvalue weighted by Gasteiger charge is 2.53. The predicted octanol–water partition coefficient (Wildman–Crippen LogP) is 2.01. The smallest absolute Gasteiger partial charge is 0.408 e. The molecule has 2 aliphatic heterocycles. The first kappa shape index (κ1) is 28.6. The molecule has 212 valence electrons. The maximum Gasteiger partial charge on any atom is 0.408 e. The van der Waals surface area contributed by atoms with Gasteiger partial charge in [-0.25, -0.2) is 13.2 Å². The fourth-order valence-electron chi connectivity index (χ4n) is 4.05. The summed E-state index contributed by atoms with van der Waals surface area (Å²) in [6, 6.07) is 0.394. The van der Waals surface area contributed by atoms with Gasteiger partial charge in [0.15, 0.2) is 5.69 Å². The number of fused-ring (bicyclic) bond motifs is 1. The van der Waals surface area contributed by atoms with Crippen LogP contribution >= 0.6 is 0 Å². The molecule has 1 fully saturated rings. The third kappa shape index (κ3) is 5.65. The summed E-state index contributed by atoms with van der Waals surface area (Å²) in [6.45, 7) is -0.0114. The van der Waals surface area contributed by atoms with Crippen molar-refractivity contribution in [3.8, 4) is 5.75 Å². The number of carbonyl (C=O) groups excluding carboxylic acids is 3. The minimum absolute atomic E-state index is 0.0495. The van der Waals surface area contributed by atoms with E-state index in [2.05, 4.69) is 10.0 Å². The van der Waals surface area contributed by atoms with Crippen LogP contribution in [0.2, 0.25) is 0 Å². The molecule has 3 heterocycles. The number of likely N-dealkylation sites (tertiary alicyclic amines) is 1. The van der Waals surface area contributed by atoms with Gasteiger partial charge in [-0.05, 0) is 25.1 Å². The van der Waals surface area contributed by atoms with E-state index in [1.54, 1.807) is 5.32 Å². The summed E-state index contributed by atoms with van der Waals surface area (Å²) < 4.78 is 101. The molecule has 10 nitrogen and oxygen atoms in total. The number of benzene rings is 1. The van der Waals surface area contributed by atoms with Gasteiger partial charge in [-0.1, -0.05) is 0 Å². The van der Waals surface area contributed by atoms with E-state index in [1.165, 1.54) is 17.8 Å². The number of halogens is 6. The second-order valence-electron chi connectivity index (χ2n) is 9.11. The summed E-state index contributed by atoms with van der Waals surface area (Å²) in [5.74, 6) is -4.75. The number of rotatable bonds is 4. The first-order valence-corrected chi connectivity index (χ1v) is 12.3. The van der Waals surface area contributed by atoms with Crippen LogP contribution in [0.1, 0.15) is 29.4 Å². The molecule has 0 radical (unpaired) electrons. The molecule has 0 saturated carbocycles. The van der Waals surface area contributed by atoms with Gasteiger partial charge in [0.05, 0.1) is 23.1 Å². The Balaban J connectivity index is 1.45. The normalized spacial score (nSPS) is 19.0. The molecule has 2 unspecified atom stereocenters. The second kappa shape index (κ2) is 10.3. The molecule has 0 aliphatic carbocycles. The van der Waals surface area contributed by atoms with Gasteiger partial charge in [-0.2, -0.15) is 13.2 Å². The number of aromatic nitrogens is 1. The highest BCUT2D eigenvalue weighted by Crippen LogP contribution is 2.37. The van der Waals surface area contributed by atoms with Gasteiger partial charge in [0.25, 0.3) is 12.3 Å². The Hall–Kier alpha value is -3.44. The number of aryl methyl sites for hydroxylation is 1. The quantitative estimate of drug-likeness (QED) is 0.288. The summed E-state index contributed by atoms with van der Waals surface area (Å²) in [6.07, 6.45) is -6.53. The van der Waals surface area contributed by atoms with Crippen LogP contribution in [0.5, 0.6) is 5.75 Å². The van der Waals surface area contributed by atoms with Crippen molar-refractivity contribution in [3.05, 3.63) is 41.5 Å². The Kier molecular flexibility index (Phi) is 7.52. The lowest BCUT2D eigenvalue weighted by Crippen LogP contribution is -2.74. The second-order valence-corrected chi connectivity index (χ2v) is 10.3. The number of hydrogen-bond acceptors (Lipinski definition) is 6. The molecular weight excluding hydrogens is 560 g/mol. The number of nitrogens with one attached hydrogen (secondary N) is 3. The molecule has 2 atom stereocenters. The number of anilines is 1. The van der Waals surface area contributed by atoms with Gasteiger partial charge in [0.2, 0.25) is 10.6 Å². The first-order valence-electron chi connectivity index (χ1n) is 11.2.